The van der Waals surface area contributed by atoms with Crippen LogP contribution in [0.3, 0.4) is 0 Å². The minimum Gasteiger partial charge on any atom is -0.393 e. The minimum absolute atomic E-state index is 0.0614. The molecule has 1 aromatic carbocycles. The molecule has 0 aliphatic carbocycles. The lowest BCUT2D eigenvalue weighted by Gasteiger charge is -2.35. The van der Waals surface area contributed by atoms with Crippen LogP contribution in [0.1, 0.15) is 18.4 Å². The van der Waals surface area contributed by atoms with Gasteiger partial charge in [0.2, 0.25) is 0 Å². The van der Waals surface area contributed by atoms with E-state index in [0.717, 1.165) is 6.07 Å². The van der Waals surface area contributed by atoms with E-state index in [1.165, 1.54) is 6.07 Å². The Labute approximate surface area is 123 Å². The standard InChI is InChI=1S/C13H15F4N3O2/c14-7-8-5-12(20(21)22)10(18)6-11(8)19-3-1-9(2-4-19)13(15,16)17/h5-6,9H,1-4,7,18H2. The van der Waals surface area contributed by atoms with Gasteiger partial charge in [0, 0.05) is 30.4 Å². The van der Waals surface area contributed by atoms with Crippen LogP contribution in [0.25, 0.3) is 0 Å². The number of piperidine rings is 1. The summed E-state index contributed by atoms with van der Waals surface area (Å²) in [5.41, 5.74) is 5.43. The Kier molecular flexibility index (Phi) is 4.43. The van der Waals surface area contributed by atoms with Crippen LogP contribution in [0.4, 0.5) is 34.6 Å². The predicted octanol–water partition coefficient (Wildman–Crippen LogP) is 3.43. The van der Waals surface area contributed by atoms with Crippen molar-refractivity contribution in [2.24, 2.45) is 5.92 Å². The fourth-order valence-electron chi connectivity index (χ4n) is 2.64. The summed E-state index contributed by atoms with van der Waals surface area (Å²) in [6, 6.07) is 2.31. The highest BCUT2D eigenvalue weighted by Crippen LogP contribution is 2.38. The molecule has 0 radical (unpaired) electrons. The van der Waals surface area contributed by atoms with Crippen LogP contribution in [0, 0.1) is 16.0 Å². The first-order valence-corrected chi connectivity index (χ1v) is 6.68. The fraction of sp³-hybridized carbons (Fsp3) is 0.538. The molecule has 1 fully saturated rings. The number of nitrogen functional groups attached to an aromatic ring is 1. The predicted molar refractivity (Wildman–Crippen MR) is 73.3 cm³/mol. The van der Waals surface area contributed by atoms with Crippen molar-refractivity contribution in [3.63, 3.8) is 0 Å². The zero-order valence-corrected chi connectivity index (χ0v) is 11.6. The van der Waals surface area contributed by atoms with Crippen LogP contribution in [0.5, 0.6) is 0 Å². The van der Waals surface area contributed by atoms with E-state index in [9.17, 15) is 27.7 Å². The van der Waals surface area contributed by atoms with E-state index in [-0.39, 0.29) is 37.2 Å². The smallest absolute Gasteiger partial charge is 0.391 e. The van der Waals surface area contributed by atoms with Crippen molar-refractivity contribution in [1.82, 2.24) is 0 Å². The summed E-state index contributed by atoms with van der Waals surface area (Å²) in [6.45, 7) is -0.738. The van der Waals surface area contributed by atoms with Crippen molar-refractivity contribution < 1.29 is 22.5 Å². The summed E-state index contributed by atoms with van der Waals surface area (Å²) in [4.78, 5) is 11.7. The van der Waals surface area contributed by atoms with Crippen molar-refractivity contribution in [3.8, 4) is 0 Å². The summed E-state index contributed by atoms with van der Waals surface area (Å²) in [5.74, 6) is -1.37. The van der Waals surface area contributed by atoms with Crippen LogP contribution in [-0.4, -0.2) is 24.2 Å². The van der Waals surface area contributed by atoms with Gasteiger partial charge in [-0.1, -0.05) is 0 Å². The van der Waals surface area contributed by atoms with Crippen LogP contribution in [0.15, 0.2) is 12.1 Å². The van der Waals surface area contributed by atoms with E-state index in [4.69, 9.17) is 5.73 Å². The maximum Gasteiger partial charge on any atom is 0.391 e. The molecule has 2 rings (SSSR count). The molecule has 0 saturated carbocycles. The van der Waals surface area contributed by atoms with Crippen LogP contribution in [-0.2, 0) is 6.67 Å². The van der Waals surface area contributed by atoms with Gasteiger partial charge in [0.05, 0.1) is 10.8 Å². The number of halogens is 4. The molecule has 0 aromatic heterocycles. The first kappa shape index (κ1) is 16.3. The summed E-state index contributed by atoms with van der Waals surface area (Å²) < 4.78 is 51.1. The average Bonchev–Trinajstić information content (AvgIpc) is 2.46. The monoisotopic (exact) mass is 321 g/mol. The summed E-state index contributed by atoms with van der Waals surface area (Å²) in [6.07, 6.45) is -4.41. The lowest BCUT2D eigenvalue weighted by atomic mass is 9.95. The second-order valence-corrected chi connectivity index (χ2v) is 5.23. The maximum absolute atomic E-state index is 13.1. The molecule has 0 amide bonds. The number of nitro benzene ring substituents is 1. The van der Waals surface area contributed by atoms with E-state index in [1.807, 2.05) is 0 Å². The lowest BCUT2D eigenvalue weighted by molar-refractivity contribution is -0.384. The third-order valence-electron chi connectivity index (χ3n) is 3.87. The van der Waals surface area contributed by atoms with Gasteiger partial charge < -0.3 is 10.6 Å². The molecule has 9 heteroatoms. The van der Waals surface area contributed by atoms with E-state index in [1.54, 1.807) is 4.90 Å². The fourth-order valence-corrected chi connectivity index (χ4v) is 2.64. The molecule has 122 valence electrons. The van der Waals surface area contributed by atoms with Crippen LogP contribution >= 0.6 is 0 Å². The Morgan fingerprint density at radius 3 is 2.36 bits per heavy atom. The number of hydrogen-bond acceptors (Lipinski definition) is 4. The van der Waals surface area contributed by atoms with E-state index < -0.39 is 29.4 Å². The molecule has 22 heavy (non-hydrogen) atoms. The highest BCUT2D eigenvalue weighted by Gasteiger charge is 2.41. The third kappa shape index (κ3) is 3.23. The number of rotatable bonds is 3. The SMILES string of the molecule is Nc1cc(N2CCC(C(F)(F)F)CC2)c(CF)cc1[N+](=O)[O-]. The molecule has 5 nitrogen and oxygen atoms in total. The van der Waals surface area contributed by atoms with Gasteiger partial charge in [-0.3, -0.25) is 10.1 Å². The van der Waals surface area contributed by atoms with Gasteiger partial charge in [0.25, 0.3) is 5.69 Å². The summed E-state index contributed by atoms with van der Waals surface area (Å²) >= 11 is 0. The molecule has 2 N–H and O–H groups in total. The minimum atomic E-state index is -4.23. The number of anilines is 2. The molecule has 1 aliphatic rings. The molecular weight excluding hydrogens is 306 g/mol. The second-order valence-electron chi connectivity index (χ2n) is 5.23. The van der Waals surface area contributed by atoms with E-state index in [2.05, 4.69) is 0 Å². The quantitative estimate of drug-likeness (QED) is 0.401. The van der Waals surface area contributed by atoms with Crippen molar-refractivity contribution in [2.75, 3.05) is 23.7 Å². The Bertz CT molecular complexity index is 569. The molecule has 1 aliphatic heterocycles. The largest absolute Gasteiger partial charge is 0.393 e. The van der Waals surface area contributed by atoms with Gasteiger partial charge in [-0.2, -0.15) is 13.2 Å². The number of alkyl halides is 4. The van der Waals surface area contributed by atoms with Gasteiger partial charge in [-0.15, -0.1) is 0 Å². The number of nitrogens with two attached hydrogens (primary N) is 1. The van der Waals surface area contributed by atoms with Gasteiger partial charge >= 0.3 is 6.18 Å². The molecular formula is C13H15F4N3O2. The molecule has 0 spiro atoms. The number of benzene rings is 1. The van der Waals surface area contributed by atoms with Crippen LogP contribution < -0.4 is 10.6 Å². The maximum atomic E-state index is 13.1. The van der Waals surface area contributed by atoms with Crippen LogP contribution in [0.2, 0.25) is 0 Å². The number of hydrogen-bond donors (Lipinski definition) is 1. The lowest BCUT2D eigenvalue weighted by Crippen LogP contribution is -2.39. The topological polar surface area (TPSA) is 72.4 Å². The summed E-state index contributed by atoms with van der Waals surface area (Å²) in [5, 5.41) is 10.8. The van der Waals surface area contributed by atoms with E-state index >= 15 is 0 Å². The Balaban J connectivity index is 2.23. The summed E-state index contributed by atoms with van der Waals surface area (Å²) in [7, 11) is 0. The zero-order valence-electron chi connectivity index (χ0n) is 11.6. The molecule has 0 unspecified atom stereocenters. The van der Waals surface area contributed by atoms with Gasteiger partial charge in [-0.25, -0.2) is 4.39 Å². The first-order chi connectivity index (χ1) is 10.2. The first-order valence-electron chi connectivity index (χ1n) is 6.68. The second kappa shape index (κ2) is 5.98. The molecule has 1 saturated heterocycles. The number of nitro groups is 1. The molecule has 1 heterocycles. The molecule has 0 atom stereocenters. The average molecular weight is 321 g/mol. The van der Waals surface area contributed by atoms with E-state index in [0.29, 0.717) is 5.69 Å². The molecule has 0 bridgehead atoms. The zero-order chi connectivity index (χ0) is 16.5. The van der Waals surface area contributed by atoms with Gasteiger partial charge in [-0.05, 0) is 18.9 Å². The highest BCUT2D eigenvalue weighted by atomic mass is 19.4. The van der Waals surface area contributed by atoms with Crippen molar-refractivity contribution in [2.45, 2.75) is 25.7 Å². The van der Waals surface area contributed by atoms with Crippen molar-refractivity contribution >= 4 is 17.1 Å². The Hall–Kier alpha value is -2.06. The normalized spacial score (nSPS) is 16.8. The Morgan fingerprint density at radius 2 is 1.91 bits per heavy atom. The van der Waals surface area contributed by atoms with Crippen molar-refractivity contribution in [3.05, 3.63) is 27.8 Å². The number of nitrogens with zero attached hydrogens (tertiary/aromatic N) is 2. The third-order valence-corrected chi connectivity index (χ3v) is 3.87. The van der Waals surface area contributed by atoms with Gasteiger partial charge in [0.15, 0.2) is 0 Å². The Morgan fingerprint density at radius 1 is 1.32 bits per heavy atom. The molecule has 1 aromatic rings. The highest BCUT2D eigenvalue weighted by molar-refractivity contribution is 5.70. The van der Waals surface area contributed by atoms with Gasteiger partial charge in [0.1, 0.15) is 12.4 Å². The van der Waals surface area contributed by atoms with Crippen molar-refractivity contribution in [1.29, 1.82) is 0 Å².